The van der Waals surface area contributed by atoms with E-state index in [4.69, 9.17) is 11.6 Å². The third kappa shape index (κ3) is 3.29. The predicted octanol–water partition coefficient (Wildman–Crippen LogP) is 3.46. The molecule has 2 aromatic rings. The van der Waals surface area contributed by atoms with E-state index in [0.717, 1.165) is 11.3 Å². The van der Waals surface area contributed by atoms with Crippen molar-refractivity contribution in [3.05, 3.63) is 44.7 Å². The third-order valence-corrected chi connectivity index (χ3v) is 6.63. The van der Waals surface area contributed by atoms with Crippen LogP contribution in [-0.2, 0) is 16.6 Å². The number of thiophene rings is 1. The minimum absolute atomic E-state index is 0.108. The van der Waals surface area contributed by atoms with Crippen LogP contribution in [0, 0.1) is 0 Å². The molecule has 0 saturated heterocycles. The van der Waals surface area contributed by atoms with Crippen LogP contribution in [0.5, 0.6) is 0 Å². The van der Waals surface area contributed by atoms with Crippen molar-refractivity contribution in [2.45, 2.75) is 10.8 Å². The summed E-state index contributed by atoms with van der Waals surface area (Å²) >= 11 is 10.0. The summed E-state index contributed by atoms with van der Waals surface area (Å²) in [4.78, 5) is 0. The van der Waals surface area contributed by atoms with Gasteiger partial charge in [-0.15, -0.1) is 11.3 Å². The maximum Gasteiger partial charge on any atom is 0.271 e. The van der Waals surface area contributed by atoms with Gasteiger partial charge in [0.25, 0.3) is 10.0 Å². The Kier molecular flexibility index (Phi) is 4.52. The Bertz CT molecular complexity index is 680. The number of sulfonamides is 1. The minimum atomic E-state index is -3.70. The molecule has 0 unspecified atom stereocenters. The molecule has 102 valence electrons. The third-order valence-electron chi connectivity index (χ3n) is 2.32. The molecule has 0 saturated carbocycles. The molecule has 0 fully saturated rings. The van der Waals surface area contributed by atoms with Crippen molar-refractivity contribution in [2.75, 3.05) is 4.72 Å². The smallest absolute Gasteiger partial charge is 0.271 e. The van der Waals surface area contributed by atoms with E-state index in [-0.39, 0.29) is 10.8 Å². The van der Waals surface area contributed by atoms with Gasteiger partial charge >= 0.3 is 0 Å². The molecule has 1 aromatic carbocycles. The first kappa shape index (κ1) is 14.8. The standard InChI is InChI=1S/C11H9BrClNO3S2/c12-11-8(13)5-10(18-11)19(16,17)14-9-4-2-1-3-7(9)6-15/h1-5,14-15H,6H2. The number of halogens is 2. The molecule has 8 heteroatoms. The highest BCUT2D eigenvalue weighted by atomic mass is 79.9. The van der Waals surface area contributed by atoms with E-state index in [1.165, 1.54) is 6.07 Å². The predicted molar refractivity (Wildman–Crippen MR) is 80.2 cm³/mol. The van der Waals surface area contributed by atoms with Crippen LogP contribution < -0.4 is 4.72 Å². The highest BCUT2D eigenvalue weighted by Crippen LogP contribution is 2.35. The number of aliphatic hydroxyl groups is 1. The fraction of sp³-hybridized carbons (Fsp3) is 0.0909. The highest BCUT2D eigenvalue weighted by molar-refractivity contribution is 9.11. The molecule has 0 aliphatic rings. The Morgan fingerprint density at radius 3 is 2.63 bits per heavy atom. The van der Waals surface area contributed by atoms with Crippen LogP contribution in [0.1, 0.15) is 5.56 Å². The molecule has 0 aliphatic heterocycles. The van der Waals surface area contributed by atoms with E-state index in [0.29, 0.717) is 20.1 Å². The topological polar surface area (TPSA) is 66.4 Å². The van der Waals surface area contributed by atoms with Gasteiger partial charge in [0.1, 0.15) is 4.21 Å². The van der Waals surface area contributed by atoms with Gasteiger partial charge in [0.05, 0.1) is 21.1 Å². The van der Waals surface area contributed by atoms with E-state index >= 15 is 0 Å². The number of hydrogen-bond donors (Lipinski definition) is 2. The number of para-hydroxylation sites is 1. The van der Waals surface area contributed by atoms with E-state index in [9.17, 15) is 13.5 Å². The number of anilines is 1. The van der Waals surface area contributed by atoms with Crippen molar-refractivity contribution < 1.29 is 13.5 Å². The molecule has 19 heavy (non-hydrogen) atoms. The second kappa shape index (κ2) is 5.80. The summed E-state index contributed by atoms with van der Waals surface area (Å²) < 4.78 is 27.5. The minimum Gasteiger partial charge on any atom is -0.392 e. The van der Waals surface area contributed by atoms with Crippen molar-refractivity contribution in [1.82, 2.24) is 0 Å². The highest BCUT2D eigenvalue weighted by Gasteiger charge is 2.20. The lowest BCUT2D eigenvalue weighted by Gasteiger charge is -2.09. The van der Waals surface area contributed by atoms with Gasteiger partial charge in [-0.1, -0.05) is 29.8 Å². The van der Waals surface area contributed by atoms with Gasteiger partial charge in [-0.05, 0) is 28.1 Å². The van der Waals surface area contributed by atoms with Gasteiger partial charge in [0, 0.05) is 5.56 Å². The summed E-state index contributed by atoms with van der Waals surface area (Å²) in [6.45, 7) is -0.242. The summed E-state index contributed by atoms with van der Waals surface area (Å²) in [6.07, 6.45) is 0. The van der Waals surface area contributed by atoms with Gasteiger partial charge in [0.15, 0.2) is 0 Å². The summed E-state index contributed by atoms with van der Waals surface area (Å²) in [7, 11) is -3.70. The first-order valence-electron chi connectivity index (χ1n) is 5.10. The largest absolute Gasteiger partial charge is 0.392 e. The number of hydrogen-bond acceptors (Lipinski definition) is 4. The molecule has 0 amide bonds. The molecule has 0 aliphatic carbocycles. The number of nitrogens with one attached hydrogen (secondary N) is 1. The quantitative estimate of drug-likeness (QED) is 0.851. The Balaban J connectivity index is 2.36. The zero-order chi connectivity index (χ0) is 14.0. The number of rotatable bonds is 4. The molecule has 0 bridgehead atoms. The number of benzene rings is 1. The Hall–Kier alpha value is -0.600. The number of aliphatic hydroxyl groups excluding tert-OH is 1. The van der Waals surface area contributed by atoms with Crippen LogP contribution in [0.25, 0.3) is 0 Å². The zero-order valence-electron chi connectivity index (χ0n) is 9.43. The van der Waals surface area contributed by atoms with Gasteiger partial charge in [-0.25, -0.2) is 8.42 Å². The molecule has 2 rings (SSSR count). The van der Waals surface area contributed by atoms with E-state index in [1.807, 2.05) is 0 Å². The van der Waals surface area contributed by atoms with Crippen molar-refractivity contribution >= 4 is 54.6 Å². The molecular formula is C11H9BrClNO3S2. The van der Waals surface area contributed by atoms with Crippen LogP contribution in [0.3, 0.4) is 0 Å². The summed E-state index contributed by atoms with van der Waals surface area (Å²) in [6, 6.07) is 8.03. The van der Waals surface area contributed by atoms with E-state index in [1.54, 1.807) is 24.3 Å². The Labute approximate surface area is 128 Å². The van der Waals surface area contributed by atoms with Crippen molar-refractivity contribution in [3.8, 4) is 0 Å². The molecule has 4 nitrogen and oxygen atoms in total. The maximum atomic E-state index is 12.2. The molecule has 2 N–H and O–H groups in total. The summed E-state index contributed by atoms with van der Waals surface area (Å²) in [5.41, 5.74) is 0.860. The zero-order valence-corrected chi connectivity index (χ0v) is 13.4. The lowest BCUT2D eigenvalue weighted by atomic mass is 10.2. The molecule has 0 atom stereocenters. The Morgan fingerprint density at radius 1 is 1.37 bits per heavy atom. The second-order valence-electron chi connectivity index (χ2n) is 3.61. The first-order valence-corrected chi connectivity index (χ1v) is 8.57. The van der Waals surface area contributed by atoms with Crippen molar-refractivity contribution in [2.24, 2.45) is 0 Å². The first-order chi connectivity index (χ1) is 8.94. The fourth-order valence-electron chi connectivity index (χ4n) is 1.41. The van der Waals surface area contributed by atoms with Gasteiger partial charge in [-0.3, -0.25) is 4.72 Å². The van der Waals surface area contributed by atoms with Crippen LogP contribution in [0.4, 0.5) is 5.69 Å². The maximum absolute atomic E-state index is 12.2. The Morgan fingerprint density at radius 2 is 2.05 bits per heavy atom. The molecule has 0 radical (unpaired) electrons. The molecule has 0 spiro atoms. The van der Waals surface area contributed by atoms with Gasteiger partial charge in [-0.2, -0.15) is 0 Å². The normalized spacial score (nSPS) is 11.5. The summed E-state index contributed by atoms with van der Waals surface area (Å²) in [5, 5.41) is 9.52. The average molecular weight is 383 g/mol. The molecular weight excluding hydrogens is 374 g/mol. The van der Waals surface area contributed by atoms with Crippen LogP contribution >= 0.6 is 38.9 Å². The second-order valence-corrected chi connectivity index (χ2v) is 8.29. The molecule has 1 heterocycles. The SMILES string of the molecule is O=S(=O)(Nc1ccccc1CO)c1cc(Cl)c(Br)s1. The van der Waals surface area contributed by atoms with Crippen molar-refractivity contribution in [1.29, 1.82) is 0 Å². The monoisotopic (exact) mass is 381 g/mol. The van der Waals surface area contributed by atoms with E-state index in [2.05, 4.69) is 20.7 Å². The lowest BCUT2D eigenvalue weighted by molar-refractivity contribution is 0.282. The van der Waals surface area contributed by atoms with Crippen LogP contribution in [0.2, 0.25) is 5.02 Å². The van der Waals surface area contributed by atoms with Crippen LogP contribution in [0.15, 0.2) is 38.3 Å². The van der Waals surface area contributed by atoms with Gasteiger partial charge < -0.3 is 5.11 Å². The molecule has 1 aromatic heterocycles. The van der Waals surface area contributed by atoms with E-state index < -0.39 is 10.0 Å². The average Bonchev–Trinajstić information content (AvgIpc) is 2.71. The van der Waals surface area contributed by atoms with Crippen molar-refractivity contribution in [3.63, 3.8) is 0 Å². The van der Waals surface area contributed by atoms with Crippen LogP contribution in [-0.4, -0.2) is 13.5 Å². The summed E-state index contributed by atoms with van der Waals surface area (Å²) in [5.74, 6) is 0. The van der Waals surface area contributed by atoms with Gasteiger partial charge in [0.2, 0.25) is 0 Å². The fourth-order valence-corrected chi connectivity index (χ4v) is 4.91. The lowest BCUT2D eigenvalue weighted by Crippen LogP contribution is -2.12.